The number of thioether (sulfide) groups is 1. The van der Waals surface area contributed by atoms with Crippen LogP contribution < -0.4 is 20.7 Å². The number of aryl methyl sites for hydroxylation is 1. The Morgan fingerprint density at radius 3 is 2.46 bits per heavy atom. The lowest BCUT2D eigenvalue weighted by atomic mass is 9.86. The quantitative estimate of drug-likeness (QED) is 0.342. The number of hydrogen-bond donors (Lipinski definition) is 3. The summed E-state index contributed by atoms with van der Waals surface area (Å²) in [6.07, 6.45) is 0. The largest absolute Gasteiger partial charge is 0.495 e. The second kappa shape index (κ2) is 11.8. The molecule has 2 amide bonds. The van der Waals surface area contributed by atoms with E-state index < -0.39 is 5.92 Å². The second-order valence-corrected chi connectivity index (χ2v) is 10.6. The van der Waals surface area contributed by atoms with Crippen molar-refractivity contribution in [1.29, 1.82) is 5.26 Å². The van der Waals surface area contributed by atoms with Gasteiger partial charge < -0.3 is 20.7 Å². The average molecular weight is 531 g/mol. The predicted molar refractivity (Wildman–Crippen MR) is 149 cm³/mol. The van der Waals surface area contributed by atoms with E-state index in [9.17, 15) is 14.9 Å². The number of thiophene rings is 1. The van der Waals surface area contributed by atoms with E-state index in [0.29, 0.717) is 39.0 Å². The number of methoxy groups -OCH3 is 1. The number of allylic oxidation sites excluding steroid dienone is 2. The molecule has 1 aliphatic heterocycles. The van der Waals surface area contributed by atoms with E-state index >= 15 is 0 Å². The zero-order valence-electron chi connectivity index (χ0n) is 20.6. The minimum atomic E-state index is -0.570. The fourth-order valence-corrected chi connectivity index (χ4v) is 5.90. The summed E-state index contributed by atoms with van der Waals surface area (Å²) in [6, 6.07) is 22.6. The Bertz CT molecular complexity index is 1420. The Kier molecular flexibility index (Phi) is 8.33. The van der Waals surface area contributed by atoms with Gasteiger partial charge in [-0.15, -0.1) is 11.3 Å². The highest BCUT2D eigenvalue weighted by Gasteiger charge is 2.36. The van der Waals surface area contributed by atoms with Crippen molar-refractivity contribution in [1.82, 2.24) is 5.32 Å². The summed E-state index contributed by atoms with van der Waals surface area (Å²) >= 11 is 2.78. The van der Waals surface area contributed by atoms with Gasteiger partial charge in [0.2, 0.25) is 5.91 Å². The number of nitrogens with zero attached hydrogens (tertiary/aromatic N) is 1. The first kappa shape index (κ1) is 26.1. The third-order valence-corrected chi connectivity index (χ3v) is 7.78. The maximum absolute atomic E-state index is 13.6. The minimum Gasteiger partial charge on any atom is -0.495 e. The summed E-state index contributed by atoms with van der Waals surface area (Å²) in [5, 5.41) is 19.8. The van der Waals surface area contributed by atoms with Crippen LogP contribution in [0.25, 0.3) is 0 Å². The first-order chi connectivity index (χ1) is 17.9. The van der Waals surface area contributed by atoms with Crippen LogP contribution in [-0.4, -0.2) is 24.7 Å². The smallest absolute Gasteiger partial charge is 0.254 e. The van der Waals surface area contributed by atoms with E-state index in [1.165, 1.54) is 23.1 Å². The lowest BCUT2D eigenvalue weighted by Gasteiger charge is -2.29. The summed E-state index contributed by atoms with van der Waals surface area (Å²) < 4.78 is 5.38. The molecule has 0 aliphatic carbocycles. The monoisotopic (exact) mass is 530 g/mol. The number of amides is 2. The highest BCUT2D eigenvalue weighted by atomic mass is 32.2. The van der Waals surface area contributed by atoms with E-state index in [-0.39, 0.29) is 17.6 Å². The number of hydrogen-bond acceptors (Lipinski definition) is 7. The Balaban J connectivity index is 1.63. The summed E-state index contributed by atoms with van der Waals surface area (Å²) in [7, 11) is 1.54. The van der Waals surface area contributed by atoms with E-state index in [4.69, 9.17) is 4.74 Å². The minimum absolute atomic E-state index is 0.106. The molecule has 188 valence electrons. The van der Waals surface area contributed by atoms with Crippen molar-refractivity contribution in [3.63, 3.8) is 0 Å². The van der Waals surface area contributed by atoms with Crippen molar-refractivity contribution in [2.45, 2.75) is 19.8 Å². The molecular formula is C28H26N4O3S2. The molecule has 37 heavy (non-hydrogen) atoms. The number of dihydropyridines is 1. The molecule has 4 rings (SSSR count). The van der Waals surface area contributed by atoms with Gasteiger partial charge >= 0.3 is 0 Å². The summed E-state index contributed by atoms with van der Waals surface area (Å²) in [5.41, 5.74) is 2.71. The molecule has 0 fully saturated rings. The van der Waals surface area contributed by atoms with Crippen LogP contribution in [0.15, 0.2) is 88.6 Å². The van der Waals surface area contributed by atoms with Crippen LogP contribution in [0.2, 0.25) is 0 Å². The predicted octanol–water partition coefficient (Wildman–Crippen LogP) is 5.77. The van der Waals surface area contributed by atoms with E-state index in [2.05, 4.69) is 22.0 Å². The molecule has 1 atom stereocenters. The Morgan fingerprint density at radius 1 is 1.05 bits per heavy atom. The number of nitriles is 1. The Morgan fingerprint density at radius 2 is 1.78 bits per heavy atom. The molecule has 0 unspecified atom stereocenters. The molecule has 0 saturated heterocycles. The maximum Gasteiger partial charge on any atom is 0.254 e. The van der Waals surface area contributed by atoms with E-state index in [0.717, 1.165) is 9.75 Å². The zero-order valence-corrected chi connectivity index (χ0v) is 22.3. The van der Waals surface area contributed by atoms with E-state index in [1.807, 2.05) is 68.4 Å². The van der Waals surface area contributed by atoms with Crippen LogP contribution >= 0.6 is 23.1 Å². The van der Waals surface area contributed by atoms with Gasteiger partial charge in [-0.1, -0.05) is 42.1 Å². The standard InChI is InChI=1S/C28H26N4O3S2/c1-17-13-14-23(37-17)26-20(15-29)28(36-16-24(33)31-19-9-5-4-6-10-19)30-18(2)25(26)27(34)32-21-11-7-8-12-22(21)35-3/h4-14,26,30H,16H2,1-3H3,(H,31,33)(H,32,34)/t26-/m1/s1. The van der Waals surface area contributed by atoms with Crippen LogP contribution in [0, 0.1) is 18.3 Å². The summed E-state index contributed by atoms with van der Waals surface area (Å²) in [6.45, 7) is 3.79. The molecule has 7 nitrogen and oxygen atoms in total. The molecule has 1 aliphatic rings. The third kappa shape index (κ3) is 6.05. The van der Waals surface area contributed by atoms with Gasteiger partial charge in [-0.3, -0.25) is 9.59 Å². The number of para-hydroxylation sites is 3. The van der Waals surface area contributed by atoms with Crippen molar-refractivity contribution >= 4 is 46.3 Å². The van der Waals surface area contributed by atoms with Gasteiger partial charge in [0.05, 0.1) is 41.1 Å². The fraction of sp³-hybridized carbons (Fsp3) is 0.179. The SMILES string of the molecule is COc1ccccc1NC(=O)C1=C(C)NC(SCC(=O)Nc2ccccc2)=C(C#N)[C@@H]1c1ccc(C)s1. The van der Waals surface area contributed by atoms with Gasteiger partial charge in [-0.2, -0.15) is 5.26 Å². The molecule has 9 heteroatoms. The highest BCUT2D eigenvalue weighted by molar-refractivity contribution is 8.03. The van der Waals surface area contributed by atoms with Gasteiger partial charge in [0.1, 0.15) is 5.75 Å². The number of nitrogens with one attached hydrogen (secondary N) is 3. The molecule has 1 aromatic heterocycles. The molecule has 0 saturated carbocycles. The fourth-order valence-electron chi connectivity index (χ4n) is 4.01. The number of benzene rings is 2. The van der Waals surface area contributed by atoms with Gasteiger partial charge in [0.15, 0.2) is 0 Å². The zero-order chi connectivity index (χ0) is 26.4. The first-order valence-electron chi connectivity index (χ1n) is 11.5. The molecule has 3 N–H and O–H groups in total. The summed E-state index contributed by atoms with van der Waals surface area (Å²) in [5.74, 6) is -0.441. The Labute approximate surface area is 224 Å². The second-order valence-electron chi connectivity index (χ2n) is 8.26. The van der Waals surface area contributed by atoms with Crippen molar-refractivity contribution in [2.75, 3.05) is 23.5 Å². The lowest BCUT2D eigenvalue weighted by molar-refractivity contribution is -0.114. The maximum atomic E-state index is 13.6. The number of carbonyl (C=O) groups excluding carboxylic acids is 2. The van der Waals surface area contributed by atoms with Gasteiger partial charge in [0, 0.05) is 26.7 Å². The highest BCUT2D eigenvalue weighted by Crippen LogP contribution is 2.43. The van der Waals surface area contributed by atoms with Crippen LogP contribution in [0.5, 0.6) is 5.75 Å². The third-order valence-electron chi connectivity index (χ3n) is 5.70. The van der Waals surface area contributed by atoms with Crippen molar-refractivity contribution in [2.24, 2.45) is 0 Å². The number of anilines is 2. The van der Waals surface area contributed by atoms with Crippen LogP contribution in [0.1, 0.15) is 22.6 Å². The molecule has 0 spiro atoms. The van der Waals surface area contributed by atoms with Crippen LogP contribution in [0.4, 0.5) is 11.4 Å². The Hall–Kier alpha value is -4.00. The van der Waals surface area contributed by atoms with Crippen molar-refractivity contribution < 1.29 is 14.3 Å². The van der Waals surface area contributed by atoms with Crippen LogP contribution in [0.3, 0.4) is 0 Å². The van der Waals surface area contributed by atoms with Crippen molar-refractivity contribution in [3.05, 3.63) is 98.4 Å². The molecule has 3 aromatic rings. The van der Waals surface area contributed by atoms with Gasteiger partial charge in [0.25, 0.3) is 5.91 Å². The van der Waals surface area contributed by atoms with Gasteiger partial charge in [-0.05, 0) is 50.2 Å². The van der Waals surface area contributed by atoms with Crippen LogP contribution in [-0.2, 0) is 9.59 Å². The topological polar surface area (TPSA) is 103 Å². The van der Waals surface area contributed by atoms with Crippen molar-refractivity contribution in [3.8, 4) is 11.8 Å². The molecule has 0 bridgehead atoms. The van der Waals surface area contributed by atoms with Gasteiger partial charge in [-0.25, -0.2) is 0 Å². The lowest BCUT2D eigenvalue weighted by Crippen LogP contribution is -2.31. The molecule has 0 radical (unpaired) electrons. The number of carbonyl (C=O) groups is 2. The summed E-state index contributed by atoms with van der Waals surface area (Å²) in [4.78, 5) is 28.1. The molecular weight excluding hydrogens is 504 g/mol. The molecule has 2 heterocycles. The number of ether oxygens (including phenoxy) is 1. The average Bonchev–Trinajstić information content (AvgIpc) is 3.33. The number of rotatable bonds is 8. The van der Waals surface area contributed by atoms with E-state index in [1.54, 1.807) is 19.2 Å². The first-order valence-corrected chi connectivity index (χ1v) is 13.3. The normalized spacial score (nSPS) is 15.0. The molecule has 2 aromatic carbocycles.